The molecule has 0 aromatic carbocycles. The van der Waals surface area contributed by atoms with Gasteiger partial charge in [-0.25, -0.2) is 4.68 Å². The van der Waals surface area contributed by atoms with Crippen LogP contribution in [0.4, 0.5) is 5.95 Å². The Balaban J connectivity index is 2.04. The summed E-state index contributed by atoms with van der Waals surface area (Å²) >= 11 is 0. The van der Waals surface area contributed by atoms with Crippen molar-refractivity contribution in [1.29, 1.82) is 0 Å². The summed E-state index contributed by atoms with van der Waals surface area (Å²) in [4.78, 5) is 2.25. The number of hydrogen-bond donors (Lipinski definition) is 1. The van der Waals surface area contributed by atoms with Crippen LogP contribution in [0.5, 0.6) is 0 Å². The average Bonchev–Trinajstić information content (AvgIpc) is 2.82. The third kappa shape index (κ3) is 2.09. The van der Waals surface area contributed by atoms with Crippen molar-refractivity contribution in [2.75, 3.05) is 18.1 Å². The van der Waals surface area contributed by atoms with Crippen LogP contribution in [0, 0.1) is 0 Å². The lowest BCUT2D eigenvalue weighted by molar-refractivity contribution is 0.279. The van der Waals surface area contributed by atoms with Gasteiger partial charge in [-0.1, -0.05) is 5.10 Å². The van der Waals surface area contributed by atoms with Gasteiger partial charge in [0.1, 0.15) is 0 Å². The molecule has 0 saturated carbocycles. The predicted molar refractivity (Wildman–Crippen MR) is 55.5 cm³/mol. The molecule has 2 heterocycles. The molecule has 1 aliphatic heterocycles. The largest absolute Gasteiger partial charge is 0.396 e. The van der Waals surface area contributed by atoms with E-state index in [1.807, 2.05) is 7.05 Å². The van der Waals surface area contributed by atoms with Gasteiger partial charge in [-0.15, -0.1) is 0 Å². The minimum absolute atomic E-state index is 0.265. The highest BCUT2D eigenvalue weighted by Crippen LogP contribution is 2.25. The highest BCUT2D eigenvalue weighted by Gasteiger charge is 2.27. The molecule has 1 unspecified atom stereocenters. The highest BCUT2D eigenvalue weighted by atomic mass is 16.2. The van der Waals surface area contributed by atoms with E-state index in [1.165, 1.54) is 12.8 Å². The molecule has 1 saturated heterocycles. The Morgan fingerprint density at radius 3 is 3.07 bits per heavy atom. The molecule has 0 bridgehead atoms. The van der Waals surface area contributed by atoms with Gasteiger partial charge >= 0.3 is 0 Å². The maximum atomic E-state index is 8.83. The van der Waals surface area contributed by atoms with E-state index in [1.54, 1.807) is 4.68 Å². The summed E-state index contributed by atoms with van der Waals surface area (Å²) in [6.07, 6.45) is 4.23. The Kier molecular flexibility index (Phi) is 3.15. The molecular formula is C9H17N5O. The lowest BCUT2D eigenvalue weighted by Gasteiger charge is -2.23. The monoisotopic (exact) mass is 211 g/mol. The van der Waals surface area contributed by atoms with Gasteiger partial charge in [0.15, 0.2) is 0 Å². The third-order valence-corrected chi connectivity index (χ3v) is 2.93. The predicted octanol–water partition coefficient (Wildman–Crippen LogP) is -0.0486. The van der Waals surface area contributed by atoms with Gasteiger partial charge < -0.3 is 10.0 Å². The number of nitrogens with zero attached hydrogens (tertiary/aromatic N) is 5. The summed E-state index contributed by atoms with van der Waals surface area (Å²) in [5, 5.41) is 20.3. The zero-order chi connectivity index (χ0) is 10.7. The molecule has 0 spiro atoms. The van der Waals surface area contributed by atoms with Crippen molar-refractivity contribution in [2.24, 2.45) is 7.05 Å². The summed E-state index contributed by atoms with van der Waals surface area (Å²) in [6.45, 7) is 1.28. The number of rotatable bonds is 4. The Labute approximate surface area is 88.9 Å². The van der Waals surface area contributed by atoms with Crippen molar-refractivity contribution in [3.63, 3.8) is 0 Å². The first-order valence-electron chi connectivity index (χ1n) is 5.43. The minimum atomic E-state index is 0.265. The van der Waals surface area contributed by atoms with Crippen LogP contribution in [-0.4, -0.2) is 44.5 Å². The Morgan fingerprint density at radius 1 is 1.53 bits per heavy atom. The van der Waals surface area contributed by atoms with E-state index in [9.17, 15) is 0 Å². The molecule has 6 nitrogen and oxygen atoms in total. The molecule has 6 heteroatoms. The molecule has 1 fully saturated rings. The number of hydrogen-bond acceptors (Lipinski definition) is 5. The highest BCUT2D eigenvalue weighted by molar-refractivity contribution is 5.31. The number of aryl methyl sites for hydroxylation is 1. The molecule has 0 radical (unpaired) electrons. The number of tetrazole rings is 1. The van der Waals surface area contributed by atoms with Gasteiger partial charge in [-0.2, -0.15) is 0 Å². The lowest BCUT2D eigenvalue weighted by Crippen LogP contribution is -2.31. The Bertz CT molecular complexity index is 313. The van der Waals surface area contributed by atoms with Crippen molar-refractivity contribution in [3.8, 4) is 0 Å². The van der Waals surface area contributed by atoms with Gasteiger partial charge in [-0.05, 0) is 36.1 Å². The lowest BCUT2D eigenvalue weighted by atomic mass is 10.1. The number of aliphatic hydroxyl groups is 1. The van der Waals surface area contributed by atoms with Gasteiger partial charge in [0.25, 0.3) is 0 Å². The summed E-state index contributed by atoms with van der Waals surface area (Å²) in [7, 11) is 1.86. The van der Waals surface area contributed by atoms with Crippen LogP contribution >= 0.6 is 0 Å². The van der Waals surface area contributed by atoms with Gasteiger partial charge in [-0.3, -0.25) is 0 Å². The maximum absolute atomic E-state index is 8.83. The molecule has 84 valence electrons. The van der Waals surface area contributed by atoms with Crippen LogP contribution < -0.4 is 4.90 Å². The van der Waals surface area contributed by atoms with E-state index in [-0.39, 0.29) is 6.61 Å². The SMILES string of the molecule is Cn1nnnc1N1CCCC1CCCO. The number of aromatic nitrogens is 4. The molecule has 1 aromatic rings. The van der Waals surface area contributed by atoms with Crippen molar-refractivity contribution in [1.82, 2.24) is 20.2 Å². The van der Waals surface area contributed by atoms with Crippen molar-refractivity contribution >= 4 is 5.95 Å². The van der Waals surface area contributed by atoms with Crippen molar-refractivity contribution in [2.45, 2.75) is 31.7 Å². The number of anilines is 1. The summed E-state index contributed by atoms with van der Waals surface area (Å²) in [6, 6.07) is 0.488. The van der Waals surface area contributed by atoms with Crippen LogP contribution in [-0.2, 0) is 7.05 Å². The molecule has 1 aromatic heterocycles. The van der Waals surface area contributed by atoms with Crippen LogP contribution in [0.2, 0.25) is 0 Å². The van der Waals surface area contributed by atoms with Crippen LogP contribution in [0.1, 0.15) is 25.7 Å². The van der Waals surface area contributed by atoms with Crippen molar-refractivity contribution in [3.05, 3.63) is 0 Å². The van der Waals surface area contributed by atoms with Crippen LogP contribution in [0.15, 0.2) is 0 Å². The fourth-order valence-electron chi connectivity index (χ4n) is 2.19. The zero-order valence-electron chi connectivity index (χ0n) is 9.00. The second kappa shape index (κ2) is 4.57. The fraction of sp³-hybridized carbons (Fsp3) is 0.889. The first kappa shape index (κ1) is 10.4. The molecule has 1 aliphatic rings. The number of aliphatic hydroxyl groups excluding tert-OH is 1. The molecule has 2 rings (SSSR count). The smallest absolute Gasteiger partial charge is 0.245 e. The van der Waals surface area contributed by atoms with Gasteiger partial charge in [0, 0.05) is 26.2 Å². The normalized spacial score (nSPS) is 21.2. The molecule has 0 amide bonds. The Morgan fingerprint density at radius 2 is 2.40 bits per heavy atom. The molecule has 0 aliphatic carbocycles. The van der Waals surface area contributed by atoms with E-state index in [4.69, 9.17) is 5.11 Å². The molecule has 1 atom stereocenters. The van der Waals surface area contributed by atoms with Gasteiger partial charge in [0.2, 0.25) is 5.95 Å². The van der Waals surface area contributed by atoms with Gasteiger partial charge in [0.05, 0.1) is 0 Å². The molecular weight excluding hydrogens is 194 g/mol. The standard InChI is InChI=1S/C9H17N5O/c1-13-9(10-11-12-13)14-6-2-4-8(14)5-3-7-15/h8,15H,2-7H2,1H3. The van der Waals surface area contributed by atoms with Crippen LogP contribution in [0.25, 0.3) is 0 Å². The summed E-state index contributed by atoms with van der Waals surface area (Å²) in [5.41, 5.74) is 0. The fourth-order valence-corrected chi connectivity index (χ4v) is 2.19. The van der Waals surface area contributed by atoms with E-state index in [0.29, 0.717) is 6.04 Å². The van der Waals surface area contributed by atoms with E-state index < -0.39 is 0 Å². The maximum Gasteiger partial charge on any atom is 0.245 e. The van der Waals surface area contributed by atoms with E-state index in [2.05, 4.69) is 20.4 Å². The quantitative estimate of drug-likeness (QED) is 0.756. The second-order valence-electron chi connectivity index (χ2n) is 3.96. The Hall–Kier alpha value is -1.17. The van der Waals surface area contributed by atoms with Crippen LogP contribution in [0.3, 0.4) is 0 Å². The zero-order valence-corrected chi connectivity index (χ0v) is 9.00. The minimum Gasteiger partial charge on any atom is -0.396 e. The van der Waals surface area contributed by atoms with E-state index >= 15 is 0 Å². The van der Waals surface area contributed by atoms with Crippen molar-refractivity contribution < 1.29 is 5.11 Å². The van der Waals surface area contributed by atoms with E-state index in [0.717, 1.165) is 25.3 Å². The summed E-state index contributed by atoms with van der Waals surface area (Å²) < 4.78 is 1.71. The first-order chi connectivity index (χ1) is 7.33. The second-order valence-corrected chi connectivity index (χ2v) is 3.96. The average molecular weight is 211 g/mol. The summed E-state index contributed by atoms with van der Waals surface area (Å²) in [5.74, 6) is 0.843. The first-order valence-corrected chi connectivity index (χ1v) is 5.43. The molecule has 1 N–H and O–H groups in total. The topological polar surface area (TPSA) is 67.1 Å². The molecule has 15 heavy (non-hydrogen) atoms. The third-order valence-electron chi connectivity index (χ3n) is 2.93.